The van der Waals surface area contributed by atoms with E-state index in [9.17, 15) is 19.2 Å². The molecule has 0 radical (unpaired) electrons. The molecule has 4 amide bonds. The molecule has 0 bridgehead atoms. The maximum Gasteiger partial charge on any atom is 0.264 e. The van der Waals surface area contributed by atoms with E-state index >= 15 is 0 Å². The van der Waals surface area contributed by atoms with Gasteiger partial charge in [-0.25, -0.2) is 0 Å². The first-order chi connectivity index (χ1) is 52.2. The van der Waals surface area contributed by atoms with Crippen LogP contribution in [0.3, 0.4) is 0 Å². The van der Waals surface area contributed by atoms with Gasteiger partial charge in [-0.2, -0.15) is 37.4 Å². The molecule has 4 aromatic carbocycles. The van der Waals surface area contributed by atoms with Gasteiger partial charge in [-0.15, -0.1) is 45.3 Å². The summed E-state index contributed by atoms with van der Waals surface area (Å²) in [5.41, 5.74) is 5.25. The third-order valence-electron chi connectivity index (χ3n) is 15.6. The summed E-state index contributed by atoms with van der Waals surface area (Å²) in [5.74, 6) is 4.21. The van der Waals surface area contributed by atoms with Gasteiger partial charge in [0.05, 0.1) is 45.9 Å². The summed E-state index contributed by atoms with van der Waals surface area (Å²) in [4.78, 5) is 74.5. The Labute approximate surface area is 675 Å². The molecule has 0 saturated carbocycles. The molecule has 1 aliphatic heterocycles. The van der Waals surface area contributed by atoms with Crippen LogP contribution in [0.15, 0.2) is 146 Å². The van der Waals surface area contributed by atoms with Crippen molar-refractivity contribution in [2.24, 2.45) is 0 Å². The topological polar surface area (TPSA) is 275 Å². The van der Waals surface area contributed by atoms with E-state index in [4.69, 9.17) is 28.4 Å². The number of carbonyl (C=O) groups excluding carboxylic acids is 4. The Balaban J connectivity index is 0.000000164. The Morgan fingerprint density at radius 1 is 0.309 bits per heavy atom. The number of thiophene rings is 4. The van der Waals surface area contributed by atoms with E-state index in [1.807, 2.05) is 173 Å². The Morgan fingerprint density at radius 3 is 0.655 bits per heavy atom. The third-order valence-corrected chi connectivity index (χ3v) is 22.1. The summed E-state index contributed by atoms with van der Waals surface area (Å²) in [6, 6.07) is 47.3. The number of aromatic nitrogens is 8. The summed E-state index contributed by atoms with van der Waals surface area (Å²) in [6.07, 6.45) is 0. The van der Waals surface area contributed by atoms with E-state index in [1.54, 1.807) is 45.3 Å². The quantitative estimate of drug-likeness (QED) is 0.0552. The number of benzene rings is 4. The number of carbonyl (C=O) groups is 4. The summed E-state index contributed by atoms with van der Waals surface area (Å²) in [6.45, 7) is 36.9. The van der Waals surface area contributed by atoms with Gasteiger partial charge in [0.15, 0.2) is 49.7 Å². The zero-order chi connectivity index (χ0) is 79.2. The highest BCUT2D eigenvalue weighted by Gasteiger charge is 2.21. The average molecular weight is 1640 g/mol. The van der Waals surface area contributed by atoms with E-state index in [1.165, 1.54) is 87.9 Å². The van der Waals surface area contributed by atoms with E-state index in [0.29, 0.717) is 66.8 Å². The van der Waals surface area contributed by atoms with Gasteiger partial charge in [0.2, 0.25) is 20.5 Å². The van der Waals surface area contributed by atoms with Crippen molar-refractivity contribution < 1.29 is 47.6 Å². The zero-order valence-electron chi connectivity index (χ0n) is 64.4. The molecule has 0 unspecified atom stereocenters. The normalized spacial score (nSPS) is 12.1. The predicted molar refractivity (Wildman–Crippen MR) is 451 cm³/mol. The van der Waals surface area contributed by atoms with Gasteiger partial charge in [0, 0.05) is 65.6 Å². The lowest BCUT2D eigenvalue weighted by Crippen LogP contribution is -2.20. The second-order valence-electron chi connectivity index (χ2n) is 29.0. The number of rotatable bonds is 20. The average Bonchev–Trinajstić information content (AvgIpc) is 1.27. The Bertz CT molecular complexity index is 4280. The van der Waals surface area contributed by atoms with E-state index in [2.05, 4.69) is 142 Å². The van der Waals surface area contributed by atoms with Crippen molar-refractivity contribution in [3.8, 4) is 65.8 Å². The van der Waals surface area contributed by atoms with Gasteiger partial charge in [0.25, 0.3) is 23.6 Å². The highest BCUT2D eigenvalue weighted by Crippen LogP contribution is 2.34. The van der Waals surface area contributed by atoms with Gasteiger partial charge < -0.3 is 28.4 Å². The fourth-order valence-electron chi connectivity index (χ4n) is 9.58. The molecule has 12 aromatic rings. The molecule has 0 atom stereocenters. The summed E-state index contributed by atoms with van der Waals surface area (Å²) >= 11 is 11.2. The Hall–Kier alpha value is -9.08. The number of nitrogens with one attached hydrogen (secondary N) is 4. The number of ether oxygens (including phenoxy) is 6. The molecule has 110 heavy (non-hydrogen) atoms. The molecule has 0 aliphatic carbocycles. The first-order valence-electron chi connectivity index (χ1n) is 35.1. The highest BCUT2D eigenvalue weighted by atomic mass is 32.1. The molecule has 1 saturated heterocycles. The van der Waals surface area contributed by atoms with Gasteiger partial charge in [-0.05, 0) is 169 Å². The van der Waals surface area contributed by atoms with Gasteiger partial charge in [-0.3, -0.25) is 40.4 Å². The van der Waals surface area contributed by atoms with Crippen LogP contribution in [0, 0.1) is 27.7 Å². The molecular formula is C80H92N12O10S8. The summed E-state index contributed by atoms with van der Waals surface area (Å²) < 4.78 is 49.2. The smallest absolute Gasteiger partial charge is 0.264 e. The number of amides is 4. The molecule has 4 N–H and O–H groups in total. The Kier molecular flexibility index (Phi) is 30.7. The van der Waals surface area contributed by atoms with E-state index in [-0.39, 0.29) is 71.7 Å². The largest absolute Gasteiger partial charge is 0.484 e. The van der Waals surface area contributed by atoms with Crippen LogP contribution in [-0.2, 0) is 50.3 Å². The molecule has 1 aliphatic rings. The molecular weight excluding hydrogens is 1550 g/mol. The zero-order valence-corrected chi connectivity index (χ0v) is 71.0. The van der Waals surface area contributed by atoms with Crippen molar-refractivity contribution in [2.75, 3.05) is 74.1 Å². The first-order valence-corrected chi connectivity index (χ1v) is 41.5. The van der Waals surface area contributed by atoms with Gasteiger partial charge in [0.1, 0.15) is 23.0 Å². The monoisotopic (exact) mass is 1640 g/mol. The van der Waals surface area contributed by atoms with Crippen molar-refractivity contribution in [3.63, 3.8) is 0 Å². The van der Waals surface area contributed by atoms with Crippen LogP contribution >= 0.6 is 91.5 Å². The number of nitrogens with zero attached hydrogens (tertiary/aromatic N) is 8. The number of hydrogen-bond donors (Lipinski definition) is 4. The van der Waals surface area contributed by atoms with Crippen molar-refractivity contribution in [1.82, 2.24) is 37.4 Å². The van der Waals surface area contributed by atoms with Crippen molar-refractivity contribution in [1.29, 1.82) is 0 Å². The van der Waals surface area contributed by atoms with Crippen LogP contribution in [0.25, 0.3) is 42.8 Å². The van der Waals surface area contributed by atoms with Crippen LogP contribution in [0.5, 0.6) is 23.0 Å². The molecule has 1 fully saturated rings. The maximum absolute atomic E-state index is 12.1. The fourth-order valence-corrected chi connectivity index (χ4v) is 15.4. The van der Waals surface area contributed by atoms with Crippen LogP contribution in [0.4, 0.5) is 20.5 Å². The highest BCUT2D eigenvalue weighted by molar-refractivity contribution is 7.17. The molecule has 580 valence electrons. The lowest BCUT2D eigenvalue weighted by molar-refractivity contribution is -0.118. The standard InChI is InChI=1S/4C19H21N3O2S2.C4H8O2/c4*1-12-5-10-15(25-12)17-21-18(26-22-17)20-16(23)11-24-14-8-6-13(7-9-14)19(2,3)4;1-2-6-4-3-5-1/h4*5-10H,11H2,1-4H3,(H,20,21,22,23);1-4H2. The van der Waals surface area contributed by atoms with E-state index < -0.39 is 0 Å². The maximum atomic E-state index is 12.1. The predicted octanol–water partition coefficient (Wildman–Crippen LogP) is 19.6. The van der Waals surface area contributed by atoms with Gasteiger partial charge >= 0.3 is 0 Å². The number of aryl methyl sites for hydroxylation is 4. The molecule has 30 heteroatoms. The minimum absolute atomic E-state index is 0.0676. The second kappa shape index (κ2) is 39.7. The van der Waals surface area contributed by atoms with Gasteiger partial charge in [-0.1, -0.05) is 132 Å². The van der Waals surface area contributed by atoms with Crippen molar-refractivity contribution >= 4 is 136 Å². The Morgan fingerprint density at radius 2 is 0.500 bits per heavy atom. The van der Waals surface area contributed by atoms with Crippen molar-refractivity contribution in [3.05, 3.63) is 187 Å². The minimum Gasteiger partial charge on any atom is -0.484 e. The lowest BCUT2D eigenvalue weighted by atomic mass is 9.87. The van der Waals surface area contributed by atoms with Crippen LogP contribution < -0.4 is 40.2 Å². The first kappa shape index (κ1) is 84.9. The molecule has 22 nitrogen and oxygen atoms in total. The van der Waals surface area contributed by atoms with Crippen LogP contribution in [-0.4, -0.2) is 114 Å². The second-order valence-corrected chi connectivity index (χ2v) is 37.2. The lowest BCUT2D eigenvalue weighted by Gasteiger charge is -2.19. The van der Waals surface area contributed by atoms with Crippen LogP contribution in [0.2, 0.25) is 0 Å². The molecule has 8 aromatic heterocycles. The summed E-state index contributed by atoms with van der Waals surface area (Å²) in [7, 11) is 0. The molecule has 9 heterocycles. The fraction of sp³-hybridized carbons (Fsp3) is 0.350. The number of anilines is 4. The summed E-state index contributed by atoms with van der Waals surface area (Å²) in [5, 5.41) is 12.8. The van der Waals surface area contributed by atoms with Crippen LogP contribution in [0.1, 0.15) is 125 Å². The SMILES string of the molecule is C1COCCO1.Cc1ccc(-c2nsc(NC(=O)COc3ccc(C(C)(C)C)cc3)n2)s1.Cc1ccc(-c2nsc(NC(=O)COc3ccc(C(C)(C)C)cc3)n2)s1.Cc1ccc(-c2nsc(NC(=O)COc3ccc(C(C)(C)C)cc3)n2)s1.Cc1ccc(-c2nsc(NC(=O)COc3ccc(C(C)(C)C)cc3)n2)s1. The molecule has 13 rings (SSSR count). The minimum atomic E-state index is -0.255. The molecule has 0 spiro atoms. The van der Waals surface area contributed by atoms with E-state index in [0.717, 1.165) is 45.9 Å². The van der Waals surface area contributed by atoms with Crippen molar-refractivity contribution in [2.45, 2.75) is 132 Å². The third kappa shape index (κ3) is 27.7. The number of hydrogen-bond acceptors (Lipinski definition) is 26.